The molecule has 0 saturated heterocycles. The van der Waals surface area contributed by atoms with Crippen molar-refractivity contribution in [3.05, 3.63) is 60.3 Å². The van der Waals surface area contributed by atoms with E-state index >= 15 is 0 Å². The first-order chi connectivity index (χ1) is 14.1. The molecule has 5 rings (SSSR count). The van der Waals surface area contributed by atoms with Crippen LogP contribution in [-0.2, 0) is 5.41 Å². The Labute approximate surface area is 182 Å². The van der Waals surface area contributed by atoms with Gasteiger partial charge in [0.05, 0.1) is 20.5 Å². The molecule has 0 N–H and O–H groups in total. The summed E-state index contributed by atoms with van der Waals surface area (Å²) in [6.07, 6.45) is 1.92. The van der Waals surface area contributed by atoms with Crippen LogP contribution in [0.5, 0.6) is 0 Å². The van der Waals surface area contributed by atoms with Gasteiger partial charge in [-0.1, -0.05) is 64.7 Å². The molecule has 0 aliphatic carbocycles. The number of furan rings is 1. The fourth-order valence-corrected chi connectivity index (χ4v) is 6.38. The Morgan fingerprint density at radius 1 is 0.933 bits per heavy atom. The van der Waals surface area contributed by atoms with Crippen molar-refractivity contribution in [2.45, 2.75) is 45.8 Å². The molecule has 0 aliphatic rings. The lowest BCUT2D eigenvalue weighted by Crippen LogP contribution is -2.36. The van der Waals surface area contributed by atoms with Gasteiger partial charge in [-0.15, -0.1) is 11.3 Å². The summed E-state index contributed by atoms with van der Waals surface area (Å²) in [6.45, 7) is 13.8. The van der Waals surface area contributed by atoms with Crippen LogP contribution in [0.15, 0.2) is 59.1 Å². The molecule has 0 amide bonds. The van der Waals surface area contributed by atoms with Gasteiger partial charge in [0.2, 0.25) is 0 Å². The quantitative estimate of drug-likeness (QED) is 0.269. The van der Waals surface area contributed by atoms with Gasteiger partial charge < -0.3 is 4.42 Å². The molecule has 0 bridgehead atoms. The third-order valence-corrected chi connectivity index (χ3v) is 8.61. The maximum absolute atomic E-state index is 6.37. The molecule has 0 saturated carbocycles. The second-order valence-corrected chi connectivity index (χ2v) is 16.2. The highest BCUT2D eigenvalue weighted by Crippen LogP contribution is 2.41. The molecule has 2 aromatic carbocycles. The zero-order valence-corrected chi connectivity index (χ0v) is 20.3. The molecular formula is C26H27NOSSi. The van der Waals surface area contributed by atoms with E-state index in [-0.39, 0.29) is 5.41 Å². The number of hydrogen-bond donors (Lipinski definition) is 0. The SMILES string of the molecule is CC(C)(C)c1cc(-c2nccc3c2sc2cc([Si](C)(C)C)oc23)cc2ccccc12. The molecule has 2 nitrogen and oxygen atoms in total. The molecule has 0 atom stereocenters. The van der Waals surface area contributed by atoms with Gasteiger partial charge in [-0.05, 0) is 46.0 Å². The molecule has 0 unspecified atom stereocenters. The van der Waals surface area contributed by atoms with Gasteiger partial charge in [-0.25, -0.2) is 0 Å². The van der Waals surface area contributed by atoms with E-state index in [1.54, 1.807) is 11.3 Å². The third kappa shape index (κ3) is 3.10. The first kappa shape index (κ1) is 19.5. The van der Waals surface area contributed by atoms with Crippen LogP contribution >= 0.6 is 11.3 Å². The molecule has 0 aliphatic heterocycles. The largest absolute Gasteiger partial charge is 0.465 e. The summed E-state index contributed by atoms with van der Waals surface area (Å²) in [4.78, 5) is 4.83. The Morgan fingerprint density at radius 3 is 2.43 bits per heavy atom. The van der Waals surface area contributed by atoms with Gasteiger partial charge in [-0.2, -0.15) is 0 Å². The highest BCUT2D eigenvalue weighted by Gasteiger charge is 2.25. The molecule has 152 valence electrons. The minimum Gasteiger partial charge on any atom is -0.465 e. The Hall–Kier alpha value is -2.43. The zero-order chi connectivity index (χ0) is 21.3. The average molecular weight is 430 g/mol. The third-order valence-electron chi connectivity index (χ3n) is 5.74. The van der Waals surface area contributed by atoms with Crippen molar-refractivity contribution in [2.75, 3.05) is 0 Å². The van der Waals surface area contributed by atoms with Crippen molar-refractivity contribution in [1.82, 2.24) is 4.98 Å². The van der Waals surface area contributed by atoms with E-state index in [0.717, 1.165) is 11.3 Å². The van der Waals surface area contributed by atoms with Gasteiger partial charge in [0.15, 0.2) is 5.58 Å². The van der Waals surface area contributed by atoms with E-state index in [2.05, 4.69) is 88.9 Å². The second kappa shape index (κ2) is 6.53. The van der Waals surface area contributed by atoms with Crippen molar-refractivity contribution >= 4 is 55.9 Å². The maximum Gasteiger partial charge on any atom is 0.152 e. The summed E-state index contributed by atoms with van der Waals surface area (Å²) in [5, 5.41) is 4.93. The Balaban J connectivity index is 1.78. The molecule has 30 heavy (non-hydrogen) atoms. The van der Waals surface area contributed by atoms with Crippen molar-refractivity contribution in [2.24, 2.45) is 0 Å². The highest BCUT2D eigenvalue weighted by molar-refractivity contribution is 7.26. The molecule has 0 fully saturated rings. The molecule has 3 heterocycles. The lowest BCUT2D eigenvalue weighted by Gasteiger charge is -2.22. The smallest absolute Gasteiger partial charge is 0.152 e. The number of thiophene rings is 1. The maximum atomic E-state index is 6.37. The van der Waals surface area contributed by atoms with E-state index in [9.17, 15) is 0 Å². The van der Waals surface area contributed by atoms with E-state index in [1.165, 1.54) is 42.1 Å². The monoisotopic (exact) mass is 429 g/mol. The minimum absolute atomic E-state index is 0.0544. The molecular weight excluding hydrogens is 402 g/mol. The van der Waals surface area contributed by atoms with E-state index < -0.39 is 8.07 Å². The van der Waals surface area contributed by atoms with E-state index in [4.69, 9.17) is 9.40 Å². The molecule has 0 radical (unpaired) electrons. The van der Waals surface area contributed by atoms with Gasteiger partial charge in [-0.3, -0.25) is 4.98 Å². The van der Waals surface area contributed by atoms with Crippen LogP contribution in [0.1, 0.15) is 26.3 Å². The lowest BCUT2D eigenvalue weighted by atomic mass is 9.82. The van der Waals surface area contributed by atoms with Crippen LogP contribution in [0.2, 0.25) is 19.6 Å². The van der Waals surface area contributed by atoms with Crippen molar-refractivity contribution < 1.29 is 4.42 Å². The van der Waals surface area contributed by atoms with Crippen LogP contribution in [0.25, 0.3) is 42.4 Å². The first-order valence-electron chi connectivity index (χ1n) is 10.5. The predicted molar refractivity (Wildman–Crippen MR) is 134 cm³/mol. The van der Waals surface area contributed by atoms with Gasteiger partial charge >= 0.3 is 0 Å². The van der Waals surface area contributed by atoms with Crippen LogP contribution < -0.4 is 5.38 Å². The Morgan fingerprint density at radius 2 is 1.70 bits per heavy atom. The van der Waals surface area contributed by atoms with Gasteiger partial charge in [0.1, 0.15) is 8.07 Å². The normalized spacial score (nSPS) is 13.0. The lowest BCUT2D eigenvalue weighted by molar-refractivity contribution is 0.596. The van der Waals surface area contributed by atoms with Crippen LogP contribution in [0.4, 0.5) is 0 Å². The number of fused-ring (bicyclic) bond motifs is 4. The summed E-state index contributed by atoms with van der Waals surface area (Å²) in [6, 6.07) is 17.6. The van der Waals surface area contributed by atoms with Gasteiger partial charge in [0.25, 0.3) is 0 Å². The second-order valence-electron chi connectivity index (χ2n) is 10.2. The Kier molecular flexibility index (Phi) is 4.25. The summed E-state index contributed by atoms with van der Waals surface area (Å²) < 4.78 is 8.81. The number of rotatable bonds is 2. The number of benzene rings is 2. The molecule has 0 spiro atoms. The average Bonchev–Trinajstić information content (AvgIpc) is 3.24. The standard InChI is InChI=1S/C26H27NOSSi/c1-26(2,3)20-14-17(13-16-9-7-8-10-18(16)20)23-25-19(11-12-27-23)24-21(29-25)15-22(28-24)30(4,5)6/h7-15H,1-6H3. The number of aromatic nitrogens is 1. The zero-order valence-electron chi connectivity index (χ0n) is 18.5. The highest BCUT2D eigenvalue weighted by atomic mass is 32.1. The first-order valence-corrected chi connectivity index (χ1v) is 14.8. The summed E-state index contributed by atoms with van der Waals surface area (Å²) in [5.74, 6) is 0. The number of nitrogens with zero attached hydrogens (tertiary/aromatic N) is 1. The molecule has 5 aromatic rings. The summed E-state index contributed by atoms with van der Waals surface area (Å²) in [7, 11) is -1.48. The van der Waals surface area contributed by atoms with Gasteiger partial charge in [0, 0.05) is 17.1 Å². The number of pyridine rings is 1. The topological polar surface area (TPSA) is 26.0 Å². The summed E-state index contributed by atoms with van der Waals surface area (Å²) >= 11 is 1.80. The van der Waals surface area contributed by atoms with Crippen LogP contribution in [0, 0.1) is 0 Å². The minimum atomic E-state index is -1.48. The summed E-state index contributed by atoms with van der Waals surface area (Å²) in [5.41, 5.74) is 4.66. The Bertz CT molecular complexity index is 1410. The van der Waals surface area contributed by atoms with Crippen molar-refractivity contribution in [1.29, 1.82) is 0 Å². The predicted octanol–water partition coefficient (Wildman–Crippen LogP) is 7.71. The molecule has 4 heteroatoms. The van der Waals surface area contributed by atoms with Crippen molar-refractivity contribution in [3.63, 3.8) is 0 Å². The fraction of sp³-hybridized carbons (Fsp3) is 0.269. The van der Waals surface area contributed by atoms with Crippen LogP contribution in [0.3, 0.4) is 0 Å². The van der Waals surface area contributed by atoms with E-state index in [0.29, 0.717) is 0 Å². The number of hydrogen-bond acceptors (Lipinski definition) is 3. The molecule has 3 aromatic heterocycles. The van der Waals surface area contributed by atoms with E-state index in [1.807, 2.05) is 6.20 Å². The van der Waals surface area contributed by atoms with Crippen molar-refractivity contribution in [3.8, 4) is 11.3 Å². The van der Waals surface area contributed by atoms with Crippen LogP contribution in [-0.4, -0.2) is 13.1 Å². The fourth-order valence-electron chi connectivity index (χ4n) is 4.12.